The van der Waals surface area contributed by atoms with Crippen molar-refractivity contribution in [2.45, 2.75) is 19.4 Å². The lowest BCUT2D eigenvalue weighted by atomic mass is 10.1. The largest absolute Gasteiger partial charge is 0.494 e. The lowest BCUT2D eigenvalue weighted by molar-refractivity contribution is -0.125. The smallest absolute Gasteiger partial charge is 0.249 e. The number of hydrogen-bond donors (Lipinski definition) is 2. The van der Waals surface area contributed by atoms with Crippen LogP contribution in [0, 0.1) is 0 Å². The molecule has 1 aromatic carbocycles. The molecular weight excluding hydrogens is 334 g/mol. The van der Waals surface area contributed by atoms with E-state index in [-0.39, 0.29) is 18.2 Å². The first-order valence-electron chi connectivity index (χ1n) is 8.90. The van der Waals surface area contributed by atoms with Crippen LogP contribution in [-0.2, 0) is 9.59 Å². The Labute approximate surface area is 153 Å². The molecule has 0 bridgehead atoms. The van der Waals surface area contributed by atoms with Gasteiger partial charge in [0, 0.05) is 31.9 Å². The number of amides is 2. The van der Waals surface area contributed by atoms with Crippen molar-refractivity contribution < 1.29 is 14.3 Å². The van der Waals surface area contributed by atoms with Crippen molar-refractivity contribution in [3.05, 3.63) is 24.3 Å². The van der Waals surface area contributed by atoms with Crippen molar-refractivity contribution >= 4 is 23.5 Å². The highest BCUT2D eigenvalue weighted by molar-refractivity contribution is 6.05. The molecule has 1 atom stereocenters. The molecule has 1 aromatic rings. The summed E-state index contributed by atoms with van der Waals surface area (Å²) in [7, 11) is 2.06. The van der Waals surface area contributed by atoms with Crippen LogP contribution in [0.2, 0.25) is 0 Å². The summed E-state index contributed by atoms with van der Waals surface area (Å²) >= 11 is 0. The summed E-state index contributed by atoms with van der Waals surface area (Å²) in [5.41, 5.74) is 0.654. The number of piperazine rings is 1. The summed E-state index contributed by atoms with van der Waals surface area (Å²) in [6, 6.07) is 6.43. The van der Waals surface area contributed by atoms with Gasteiger partial charge in [-0.25, -0.2) is 4.99 Å². The molecule has 0 saturated carbocycles. The van der Waals surface area contributed by atoms with Crippen molar-refractivity contribution in [3.8, 4) is 5.75 Å². The number of likely N-dealkylation sites (N-methyl/N-ethyl adjacent to an activating group) is 1. The first-order valence-corrected chi connectivity index (χ1v) is 8.90. The number of hydrogen-bond acceptors (Lipinski definition) is 6. The van der Waals surface area contributed by atoms with Crippen molar-refractivity contribution in [1.82, 2.24) is 15.1 Å². The monoisotopic (exact) mass is 359 g/mol. The van der Waals surface area contributed by atoms with E-state index in [0.29, 0.717) is 18.3 Å². The average molecular weight is 359 g/mol. The SMILES string of the molecule is CCOc1ccc(NC(=O)C2CC(=O)NC(N3CCN(C)CC3)=N2)cc1. The summed E-state index contributed by atoms with van der Waals surface area (Å²) < 4.78 is 5.39. The van der Waals surface area contributed by atoms with E-state index in [4.69, 9.17) is 4.74 Å². The third-order valence-corrected chi connectivity index (χ3v) is 4.45. The lowest BCUT2D eigenvalue weighted by Crippen LogP contribution is -2.55. The molecule has 3 rings (SSSR count). The Morgan fingerprint density at radius 3 is 2.62 bits per heavy atom. The maximum Gasteiger partial charge on any atom is 0.249 e. The Morgan fingerprint density at radius 1 is 1.27 bits per heavy atom. The van der Waals surface area contributed by atoms with Crippen LogP contribution in [0.15, 0.2) is 29.3 Å². The summed E-state index contributed by atoms with van der Waals surface area (Å²) in [5.74, 6) is 0.788. The Hall–Kier alpha value is -2.61. The van der Waals surface area contributed by atoms with Crippen LogP contribution in [0.3, 0.4) is 0 Å². The first-order chi connectivity index (χ1) is 12.5. The summed E-state index contributed by atoms with van der Waals surface area (Å²) in [5, 5.41) is 5.62. The fraction of sp³-hybridized carbons (Fsp3) is 0.500. The highest BCUT2D eigenvalue weighted by atomic mass is 16.5. The Bertz CT molecular complexity index is 681. The van der Waals surface area contributed by atoms with E-state index in [0.717, 1.165) is 31.9 Å². The van der Waals surface area contributed by atoms with E-state index in [2.05, 4.69) is 27.6 Å². The molecule has 140 valence electrons. The fourth-order valence-electron chi connectivity index (χ4n) is 2.93. The molecule has 2 amide bonds. The minimum absolute atomic E-state index is 0.0557. The summed E-state index contributed by atoms with van der Waals surface area (Å²) in [6.07, 6.45) is 0.0557. The molecule has 1 saturated heterocycles. The molecule has 2 aliphatic rings. The Morgan fingerprint density at radius 2 is 1.96 bits per heavy atom. The average Bonchev–Trinajstić information content (AvgIpc) is 2.63. The minimum Gasteiger partial charge on any atom is -0.494 e. The van der Waals surface area contributed by atoms with Gasteiger partial charge >= 0.3 is 0 Å². The van der Waals surface area contributed by atoms with Crippen LogP contribution in [0.5, 0.6) is 5.75 Å². The van der Waals surface area contributed by atoms with Crippen LogP contribution in [0.4, 0.5) is 5.69 Å². The first kappa shape index (κ1) is 18.2. The third-order valence-electron chi connectivity index (χ3n) is 4.45. The molecule has 0 radical (unpaired) electrons. The van der Waals surface area contributed by atoms with Crippen molar-refractivity contribution in [3.63, 3.8) is 0 Å². The molecule has 0 aromatic heterocycles. The molecule has 8 nitrogen and oxygen atoms in total. The second-order valence-electron chi connectivity index (χ2n) is 6.46. The van der Waals surface area contributed by atoms with E-state index >= 15 is 0 Å². The van der Waals surface area contributed by atoms with Gasteiger partial charge in [-0.1, -0.05) is 0 Å². The fourth-order valence-corrected chi connectivity index (χ4v) is 2.93. The van der Waals surface area contributed by atoms with Gasteiger partial charge in [-0.05, 0) is 38.2 Å². The topological polar surface area (TPSA) is 86.3 Å². The molecular formula is C18H25N5O3. The lowest BCUT2D eigenvalue weighted by Gasteiger charge is -2.36. The molecule has 1 unspecified atom stereocenters. The predicted octanol–water partition coefficient (Wildman–Crippen LogP) is 0.516. The molecule has 2 N–H and O–H groups in total. The van der Waals surface area contributed by atoms with Gasteiger partial charge in [-0.15, -0.1) is 0 Å². The zero-order valence-electron chi connectivity index (χ0n) is 15.2. The maximum atomic E-state index is 12.5. The molecule has 2 heterocycles. The molecule has 1 fully saturated rings. The number of guanidine groups is 1. The van der Waals surface area contributed by atoms with Gasteiger partial charge in [0.15, 0.2) is 0 Å². The quantitative estimate of drug-likeness (QED) is 0.818. The molecule has 8 heteroatoms. The predicted molar refractivity (Wildman–Crippen MR) is 99.3 cm³/mol. The van der Waals surface area contributed by atoms with Gasteiger partial charge in [-0.3, -0.25) is 14.9 Å². The van der Waals surface area contributed by atoms with Crippen molar-refractivity contribution in [1.29, 1.82) is 0 Å². The third kappa shape index (κ3) is 4.51. The number of aliphatic imine (C=N–C) groups is 1. The summed E-state index contributed by atoms with van der Waals surface area (Å²) in [4.78, 5) is 33.3. The molecule has 0 spiro atoms. The number of anilines is 1. The van der Waals surface area contributed by atoms with Crippen LogP contribution in [0.25, 0.3) is 0 Å². The highest BCUT2D eigenvalue weighted by Crippen LogP contribution is 2.17. The standard InChI is InChI=1S/C18H25N5O3/c1-3-26-14-6-4-13(5-7-14)19-17(25)15-12-16(24)21-18(20-15)23-10-8-22(2)9-11-23/h4-7,15H,3,8-12H2,1-2H3,(H,19,25)(H,20,21,24). The van der Waals surface area contributed by atoms with E-state index in [9.17, 15) is 9.59 Å². The van der Waals surface area contributed by atoms with Crippen LogP contribution in [-0.4, -0.2) is 73.4 Å². The van der Waals surface area contributed by atoms with E-state index < -0.39 is 6.04 Å². The van der Waals surface area contributed by atoms with Crippen LogP contribution in [0.1, 0.15) is 13.3 Å². The van der Waals surface area contributed by atoms with Gasteiger partial charge in [0.25, 0.3) is 0 Å². The summed E-state index contributed by atoms with van der Waals surface area (Å²) in [6.45, 7) is 5.87. The number of rotatable bonds is 4. The number of nitrogens with zero attached hydrogens (tertiary/aromatic N) is 3. The van der Waals surface area contributed by atoms with Gasteiger partial charge in [0.05, 0.1) is 13.0 Å². The van der Waals surface area contributed by atoms with E-state index in [1.54, 1.807) is 24.3 Å². The number of nitrogens with one attached hydrogen (secondary N) is 2. The zero-order chi connectivity index (χ0) is 18.5. The number of ether oxygens (including phenoxy) is 1. The Kier molecular flexibility index (Phi) is 5.72. The number of benzene rings is 1. The highest BCUT2D eigenvalue weighted by Gasteiger charge is 2.30. The van der Waals surface area contributed by atoms with Gasteiger partial charge < -0.3 is 19.9 Å². The second-order valence-corrected chi connectivity index (χ2v) is 6.46. The van der Waals surface area contributed by atoms with Gasteiger partial charge in [0.2, 0.25) is 17.8 Å². The van der Waals surface area contributed by atoms with Gasteiger partial charge in [0.1, 0.15) is 11.8 Å². The van der Waals surface area contributed by atoms with Crippen LogP contribution < -0.4 is 15.4 Å². The molecule has 26 heavy (non-hydrogen) atoms. The van der Waals surface area contributed by atoms with Crippen molar-refractivity contribution in [2.75, 3.05) is 45.2 Å². The molecule has 0 aliphatic carbocycles. The minimum atomic E-state index is -0.718. The van der Waals surface area contributed by atoms with E-state index in [1.807, 2.05) is 11.8 Å². The maximum absolute atomic E-state index is 12.5. The zero-order valence-corrected chi connectivity index (χ0v) is 15.2. The van der Waals surface area contributed by atoms with Crippen molar-refractivity contribution in [2.24, 2.45) is 4.99 Å². The van der Waals surface area contributed by atoms with Crippen LogP contribution >= 0.6 is 0 Å². The number of carbonyl (C=O) groups excluding carboxylic acids is 2. The molecule has 2 aliphatic heterocycles. The van der Waals surface area contributed by atoms with Gasteiger partial charge in [-0.2, -0.15) is 0 Å². The number of carbonyl (C=O) groups is 2. The normalized spacial score (nSPS) is 21.0. The second kappa shape index (κ2) is 8.18. The Balaban J connectivity index is 1.65. The van der Waals surface area contributed by atoms with E-state index in [1.165, 1.54) is 0 Å².